The molecule has 0 spiro atoms. The van der Waals surface area contributed by atoms with Crippen molar-refractivity contribution in [2.75, 3.05) is 31.1 Å². The SMILES string of the molecule is C=CC(=O)N1CCN(c2ccnc3cc(-c4c(C)cccc4F)c4c(c23)OCCC4)C[C@@H]1CC#N. The number of amides is 1. The van der Waals surface area contributed by atoms with Gasteiger partial charge in [0.1, 0.15) is 11.6 Å². The fourth-order valence-corrected chi connectivity index (χ4v) is 5.36. The van der Waals surface area contributed by atoms with E-state index in [-0.39, 0.29) is 24.2 Å². The Morgan fingerprint density at radius 3 is 3.00 bits per heavy atom. The fourth-order valence-electron chi connectivity index (χ4n) is 5.36. The smallest absolute Gasteiger partial charge is 0.246 e. The van der Waals surface area contributed by atoms with Gasteiger partial charge in [0, 0.05) is 37.0 Å². The second kappa shape index (κ2) is 9.38. The van der Waals surface area contributed by atoms with E-state index in [4.69, 9.17) is 4.74 Å². The molecule has 35 heavy (non-hydrogen) atoms. The van der Waals surface area contributed by atoms with Gasteiger partial charge in [-0.05, 0) is 55.2 Å². The van der Waals surface area contributed by atoms with E-state index in [0.717, 1.165) is 51.9 Å². The molecule has 1 fully saturated rings. The van der Waals surface area contributed by atoms with Crippen molar-refractivity contribution >= 4 is 22.5 Å². The van der Waals surface area contributed by atoms with Gasteiger partial charge in [-0.2, -0.15) is 5.26 Å². The van der Waals surface area contributed by atoms with E-state index in [0.29, 0.717) is 31.8 Å². The molecule has 0 radical (unpaired) electrons. The Balaban J connectivity index is 1.65. The van der Waals surface area contributed by atoms with Crippen LogP contribution in [0.4, 0.5) is 10.1 Å². The van der Waals surface area contributed by atoms with Crippen LogP contribution in [0.2, 0.25) is 0 Å². The Hall–Kier alpha value is -3.92. The summed E-state index contributed by atoms with van der Waals surface area (Å²) in [5.74, 6) is 0.349. The highest BCUT2D eigenvalue weighted by Gasteiger charge is 2.31. The summed E-state index contributed by atoms with van der Waals surface area (Å²) < 4.78 is 21.2. The van der Waals surface area contributed by atoms with Crippen LogP contribution in [0, 0.1) is 24.1 Å². The summed E-state index contributed by atoms with van der Waals surface area (Å²) in [4.78, 5) is 20.9. The highest BCUT2D eigenvalue weighted by molar-refractivity contribution is 6.01. The van der Waals surface area contributed by atoms with Gasteiger partial charge in [-0.25, -0.2) is 4.39 Å². The zero-order chi connectivity index (χ0) is 24.5. The van der Waals surface area contributed by atoms with Crippen molar-refractivity contribution in [3.8, 4) is 22.9 Å². The lowest BCUT2D eigenvalue weighted by atomic mass is 9.89. The van der Waals surface area contributed by atoms with Gasteiger partial charge in [0.15, 0.2) is 0 Å². The van der Waals surface area contributed by atoms with Crippen LogP contribution in [-0.2, 0) is 11.2 Å². The minimum Gasteiger partial charge on any atom is -0.492 e. The van der Waals surface area contributed by atoms with Crippen molar-refractivity contribution < 1.29 is 13.9 Å². The van der Waals surface area contributed by atoms with Crippen molar-refractivity contribution in [3.63, 3.8) is 0 Å². The van der Waals surface area contributed by atoms with E-state index in [9.17, 15) is 14.4 Å². The van der Waals surface area contributed by atoms with Crippen LogP contribution in [0.1, 0.15) is 24.0 Å². The first kappa shape index (κ1) is 22.9. The molecule has 1 amide bonds. The van der Waals surface area contributed by atoms with Crippen LogP contribution < -0.4 is 9.64 Å². The Kier molecular flexibility index (Phi) is 6.12. The number of rotatable bonds is 4. The van der Waals surface area contributed by atoms with E-state index in [1.165, 1.54) is 12.1 Å². The maximum atomic E-state index is 15.0. The summed E-state index contributed by atoms with van der Waals surface area (Å²) in [5.41, 5.74) is 4.99. The molecule has 1 saturated heterocycles. The monoisotopic (exact) mass is 470 g/mol. The molecule has 3 heterocycles. The third-order valence-electron chi connectivity index (χ3n) is 6.98. The van der Waals surface area contributed by atoms with Crippen LogP contribution >= 0.6 is 0 Å². The number of fused-ring (bicyclic) bond motifs is 3. The molecule has 2 aromatic carbocycles. The maximum absolute atomic E-state index is 15.0. The Bertz CT molecular complexity index is 1340. The minimum absolute atomic E-state index is 0.157. The van der Waals surface area contributed by atoms with Crippen molar-refractivity contribution in [2.45, 2.75) is 32.2 Å². The lowest BCUT2D eigenvalue weighted by Crippen LogP contribution is -2.55. The molecule has 1 aromatic heterocycles. The molecular formula is C28H27FN4O2. The quantitative estimate of drug-likeness (QED) is 0.513. The zero-order valence-electron chi connectivity index (χ0n) is 19.8. The lowest BCUT2D eigenvalue weighted by molar-refractivity contribution is -0.128. The average molecular weight is 471 g/mol. The predicted octanol–water partition coefficient (Wildman–Crippen LogP) is 4.79. The number of piperazine rings is 1. The number of benzene rings is 2. The molecule has 6 nitrogen and oxygen atoms in total. The standard InChI is InChI=1S/C28H27FN4O2/c1-3-25(34)33-14-13-32(17-19(33)9-11-30)24-10-12-31-23-16-21(26-18(2)6-4-8-22(26)29)20-7-5-15-35-28(20)27(23)24/h3-4,6,8,10,12,16,19H,1,5,7,9,13-15,17H2,2H3/t19-/m0/s1. The number of aromatic nitrogens is 1. The van der Waals surface area contributed by atoms with Gasteiger partial charge in [0.05, 0.1) is 41.7 Å². The van der Waals surface area contributed by atoms with Crippen LogP contribution in [0.15, 0.2) is 49.2 Å². The number of hydrogen-bond donors (Lipinski definition) is 0. The van der Waals surface area contributed by atoms with Crippen LogP contribution in [-0.4, -0.2) is 48.1 Å². The second-order valence-electron chi connectivity index (χ2n) is 9.04. The highest BCUT2D eigenvalue weighted by atomic mass is 19.1. The largest absolute Gasteiger partial charge is 0.492 e. The number of carbonyl (C=O) groups excluding carboxylic acids is 1. The summed E-state index contributed by atoms with van der Waals surface area (Å²) in [7, 11) is 0. The van der Waals surface area contributed by atoms with Gasteiger partial charge < -0.3 is 14.5 Å². The molecule has 2 aliphatic heterocycles. The molecule has 1 atom stereocenters. The van der Waals surface area contributed by atoms with Crippen molar-refractivity contribution in [1.29, 1.82) is 5.26 Å². The average Bonchev–Trinajstić information content (AvgIpc) is 2.88. The first-order valence-electron chi connectivity index (χ1n) is 11.9. The number of hydrogen-bond acceptors (Lipinski definition) is 5. The van der Waals surface area contributed by atoms with E-state index < -0.39 is 0 Å². The molecule has 0 aliphatic carbocycles. The Morgan fingerprint density at radius 1 is 1.37 bits per heavy atom. The molecule has 178 valence electrons. The summed E-state index contributed by atoms with van der Waals surface area (Å²) in [5, 5.41) is 10.3. The third-order valence-corrected chi connectivity index (χ3v) is 6.98. The Morgan fingerprint density at radius 2 is 2.23 bits per heavy atom. The van der Waals surface area contributed by atoms with E-state index in [1.807, 2.05) is 25.1 Å². The van der Waals surface area contributed by atoms with Gasteiger partial charge >= 0.3 is 0 Å². The van der Waals surface area contributed by atoms with E-state index in [1.54, 1.807) is 17.2 Å². The number of carbonyl (C=O) groups is 1. The number of nitrogens with zero attached hydrogens (tertiary/aromatic N) is 4. The highest BCUT2D eigenvalue weighted by Crippen LogP contribution is 2.45. The van der Waals surface area contributed by atoms with Gasteiger partial charge in [0.2, 0.25) is 5.91 Å². The fraction of sp³-hybridized carbons (Fsp3) is 0.321. The molecule has 7 heteroatoms. The summed E-state index contributed by atoms with van der Waals surface area (Å²) in [6.45, 7) is 7.75. The molecule has 0 N–H and O–H groups in total. The minimum atomic E-state index is -0.254. The number of pyridine rings is 1. The van der Waals surface area contributed by atoms with Gasteiger partial charge in [-0.3, -0.25) is 9.78 Å². The summed E-state index contributed by atoms with van der Waals surface area (Å²) in [6.07, 6.45) is 4.96. The number of nitriles is 1. The molecule has 0 unspecified atom stereocenters. The van der Waals surface area contributed by atoms with Crippen LogP contribution in [0.3, 0.4) is 0 Å². The van der Waals surface area contributed by atoms with Gasteiger partial charge in [-0.15, -0.1) is 0 Å². The summed E-state index contributed by atoms with van der Waals surface area (Å²) in [6, 6.07) is 11.0. The van der Waals surface area contributed by atoms with Gasteiger partial charge in [-0.1, -0.05) is 18.7 Å². The van der Waals surface area contributed by atoms with E-state index in [2.05, 4.69) is 22.5 Å². The summed E-state index contributed by atoms with van der Waals surface area (Å²) >= 11 is 0. The molecule has 5 rings (SSSR count). The van der Waals surface area contributed by atoms with Crippen molar-refractivity contribution in [1.82, 2.24) is 9.88 Å². The maximum Gasteiger partial charge on any atom is 0.246 e. The third kappa shape index (κ3) is 3.99. The number of aryl methyl sites for hydroxylation is 1. The Labute approximate surface area is 204 Å². The lowest BCUT2D eigenvalue weighted by Gasteiger charge is -2.41. The molecule has 0 bridgehead atoms. The molecular weight excluding hydrogens is 443 g/mol. The van der Waals surface area contributed by atoms with Crippen LogP contribution in [0.5, 0.6) is 5.75 Å². The second-order valence-corrected chi connectivity index (χ2v) is 9.04. The number of anilines is 1. The number of halogens is 1. The van der Waals surface area contributed by atoms with Crippen LogP contribution in [0.25, 0.3) is 22.0 Å². The number of ether oxygens (including phenoxy) is 1. The topological polar surface area (TPSA) is 69.5 Å². The molecule has 3 aromatic rings. The first-order chi connectivity index (χ1) is 17.0. The normalized spacial score (nSPS) is 17.5. The van der Waals surface area contributed by atoms with Crippen molar-refractivity contribution in [3.05, 3.63) is 66.1 Å². The molecule has 0 saturated carbocycles. The van der Waals surface area contributed by atoms with E-state index >= 15 is 0 Å². The van der Waals surface area contributed by atoms with Crippen molar-refractivity contribution in [2.24, 2.45) is 0 Å². The first-order valence-corrected chi connectivity index (χ1v) is 11.9. The zero-order valence-corrected chi connectivity index (χ0v) is 19.8. The molecule has 2 aliphatic rings. The predicted molar refractivity (Wildman–Crippen MR) is 134 cm³/mol. The van der Waals surface area contributed by atoms with Gasteiger partial charge in [0.25, 0.3) is 0 Å².